The molecule has 2 nitrogen and oxygen atoms in total. The zero-order valence-electron chi connectivity index (χ0n) is 8.88. The summed E-state index contributed by atoms with van der Waals surface area (Å²) in [5.41, 5.74) is 0.841. The second-order valence-corrected chi connectivity index (χ2v) is 5.85. The largest absolute Gasteiger partial charge is 0.391 e. The van der Waals surface area contributed by atoms with Gasteiger partial charge in [-0.25, -0.2) is 0 Å². The number of hydrogen-bond donors (Lipinski definition) is 2. The summed E-state index contributed by atoms with van der Waals surface area (Å²) in [4.78, 5) is -0.671. The smallest absolute Gasteiger partial charge is 0.0844 e. The van der Waals surface area contributed by atoms with E-state index in [1.54, 1.807) is 6.92 Å². The lowest BCUT2D eigenvalue weighted by Crippen LogP contribution is -2.35. The van der Waals surface area contributed by atoms with E-state index in [2.05, 4.69) is 31.9 Å². The van der Waals surface area contributed by atoms with Crippen molar-refractivity contribution in [3.8, 4) is 0 Å². The summed E-state index contributed by atoms with van der Waals surface area (Å²) in [5, 5.41) is 20.3. The van der Waals surface area contributed by atoms with E-state index in [1.165, 1.54) is 0 Å². The Balaban J connectivity index is 4.26. The SMILES string of the molecule is CC(=CCC(O)C(C)(Cl)CBr)C(O)CBr. The molecule has 0 rings (SSSR count). The van der Waals surface area contributed by atoms with Gasteiger partial charge in [0.25, 0.3) is 0 Å². The molecule has 3 atom stereocenters. The van der Waals surface area contributed by atoms with E-state index in [9.17, 15) is 10.2 Å². The number of rotatable bonds is 6. The zero-order valence-corrected chi connectivity index (χ0v) is 12.8. The maximum atomic E-state index is 9.78. The van der Waals surface area contributed by atoms with Crippen molar-refractivity contribution in [2.75, 3.05) is 10.7 Å². The molecule has 90 valence electrons. The van der Waals surface area contributed by atoms with Gasteiger partial charge in [-0.15, -0.1) is 11.6 Å². The Labute approximate surface area is 113 Å². The fourth-order valence-electron chi connectivity index (χ4n) is 0.890. The molecule has 0 aliphatic carbocycles. The quantitative estimate of drug-likeness (QED) is 0.562. The highest BCUT2D eigenvalue weighted by Crippen LogP contribution is 2.24. The molecule has 2 N–H and O–H groups in total. The van der Waals surface area contributed by atoms with E-state index in [-0.39, 0.29) is 0 Å². The molecular weight excluding hydrogens is 347 g/mol. The van der Waals surface area contributed by atoms with Crippen molar-refractivity contribution in [3.63, 3.8) is 0 Å². The minimum atomic E-state index is -0.671. The summed E-state index contributed by atoms with van der Waals surface area (Å²) in [6.45, 7) is 3.61. The Morgan fingerprint density at radius 3 is 2.40 bits per heavy atom. The molecule has 0 saturated carbocycles. The molecular formula is C10H17Br2ClO2. The van der Waals surface area contributed by atoms with Gasteiger partial charge in [-0.3, -0.25) is 0 Å². The van der Waals surface area contributed by atoms with Crippen LogP contribution in [0.25, 0.3) is 0 Å². The second-order valence-electron chi connectivity index (χ2n) is 3.78. The van der Waals surface area contributed by atoms with Crippen LogP contribution in [0, 0.1) is 0 Å². The van der Waals surface area contributed by atoms with Crippen LogP contribution in [0.15, 0.2) is 11.6 Å². The van der Waals surface area contributed by atoms with Crippen LogP contribution < -0.4 is 0 Å². The zero-order chi connectivity index (χ0) is 12.1. The Morgan fingerprint density at radius 1 is 1.47 bits per heavy atom. The Bertz CT molecular complexity index is 219. The van der Waals surface area contributed by atoms with Crippen LogP contribution >= 0.6 is 43.5 Å². The van der Waals surface area contributed by atoms with Crippen LogP contribution in [-0.2, 0) is 0 Å². The number of aliphatic hydroxyl groups is 2. The van der Waals surface area contributed by atoms with E-state index in [4.69, 9.17) is 11.6 Å². The third kappa shape index (κ3) is 5.68. The van der Waals surface area contributed by atoms with E-state index in [0.717, 1.165) is 5.57 Å². The maximum Gasteiger partial charge on any atom is 0.0844 e. The molecule has 0 radical (unpaired) electrons. The van der Waals surface area contributed by atoms with Crippen molar-refractivity contribution in [2.24, 2.45) is 0 Å². The van der Waals surface area contributed by atoms with Crippen LogP contribution in [0.3, 0.4) is 0 Å². The highest BCUT2D eigenvalue weighted by atomic mass is 79.9. The van der Waals surface area contributed by atoms with Gasteiger partial charge in [0.1, 0.15) is 0 Å². The lowest BCUT2D eigenvalue weighted by Gasteiger charge is -2.25. The van der Waals surface area contributed by atoms with Gasteiger partial charge in [0.15, 0.2) is 0 Å². The van der Waals surface area contributed by atoms with Crippen molar-refractivity contribution in [3.05, 3.63) is 11.6 Å². The summed E-state index contributed by atoms with van der Waals surface area (Å²) >= 11 is 12.5. The molecule has 0 bridgehead atoms. The van der Waals surface area contributed by atoms with Crippen LogP contribution in [0.5, 0.6) is 0 Å². The standard InChI is InChI=1S/C10H17Br2ClO2/c1-7(8(14)5-11)3-4-9(15)10(2,13)6-12/h3,8-9,14-15H,4-6H2,1-2H3. The summed E-state index contributed by atoms with van der Waals surface area (Å²) in [6, 6.07) is 0. The highest BCUT2D eigenvalue weighted by Gasteiger charge is 2.28. The first-order valence-corrected chi connectivity index (χ1v) is 7.31. The molecule has 3 unspecified atom stereocenters. The number of aliphatic hydroxyl groups excluding tert-OH is 2. The molecule has 0 amide bonds. The molecule has 0 aromatic rings. The first kappa shape index (κ1) is 15.9. The summed E-state index contributed by atoms with van der Waals surface area (Å²) in [5.74, 6) is 0. The summed E-state index contributed by atoms with van der Waals surface area (Å²) < 4.78 is 0. The summed E-state index contributed by atoms with van der Waals surface area (Å²) in [7, 11) is 0. The molecule has 0 saturated heterocycles. The molecule has 0 aliphatic rings. The second kappa shape index (κ2) is 7.28. The van der Waals surface area contributed by atoms with E-state index >= 15 is 0 Å². The fraction of sp³-hybridized carbons (Fsp3) is 0.800. The van der Waals surface area contributed by atoms with Gasteiger partial charge >= 0.3 is 0 Å². The Hall–Kier alpha value is 0.910. The number of halogens is 3. The van der Waals surface area contributed by atoms with Gasteiger partial charge in [0, 0.05) is 10.7 Å². The van der Waals surface area contributed by atoms with Crippen molar-refractivity contribution in [2.45, 2.75) is 37.4 Å². The first-order valence-electron chi connectivity index (χ1n) is 4.68. The normalized spacial score (nSPS) is 20.9. The monoisotopic (exact) mass is 362 g/mol. The molecule has 0 fully saturated rings. The summed E-state index contributed by atoms with van der Waals surface area (Å²) in [6.07, 6.45) is 1.14. The van der Waals surface area contributed by atoms with Gasteiger partial charge in [-0.1, -0.05) is 37.9 Å². The third-order valence-corrected chi connectivity index (χ3v) is 4.78. The van der Waals surface area contributed by atoms with E-state index in [1.807, 2.05) is 13.0 Å². The van der Waals surface area contributed by atoms with Crippen LogP contribution in [0.1, 0.15) is 20.3 Å². The third-order valence-electron chi connectivity index (χ3n) is 2.29. The molecule has 0 spiro atoms. The topological polar surface area (TPSA) is 40.5 Å². The van der Waals surface area contributed by atoms with Crippen molar-refractivity contribution in [1.29, 1.82) is 0 Å². The van der Waals surface area contributed by atoms with Gasteiger partial charge in [0.05, 0.1) is 17.1 Å². The number of hydrogen-bond acceptors (Lipinski definition) is 2. The van der Waals surface area contributed by atoms with Gasteiger partial charge < -0.3 is 10.2 Å². The minimum absolute atomic E-state index is 0.446. The number of alkyl halides is 3. The van der Waals surface area contributed by atoms with Crippen molar-refractivity contribution < 1.29 is 10.2 Å². The maximum absolute atomic E-state index is 9.78. The Morgan fingerprint density at radius 2 is 2.00 bits per heavy atom. The van der Waals surface area contributed by atoms with E-state index in [0.29, 0.717) is 17.1 Å². The van der Waals surface area contributed by atoms with E-state index < -0.39 is 17.1 Å². The highest BCUT2D eigenvalue weighted by molar-refractivity contribution is 9.09. The molecule has 15 heavy (non-hydrogen) atoms. The van der Waals surface area contributed by atoms with Crippen LogP contribution in [0.2, 0.25) is 0 Å². The fourth-order valence-corrected chi connectivity index (χ4v) is 1.86. The Kier molecular flexibility index (Phi) is 7.72. The van der Waals surface area contributed by atoms with Gasteiger partial charge in [-0.2, -0.15) is 0 Å². The molecule has 5 heteroatoms. The van der Waals surface area contributed by atoms with Gasteiger partial charge in [0.2, 0.25) is 0 Å². The lowest BCUT2D eigenvalue weighted by atomic mass is 10.0. The molecule has 0 aliphatic heterocycles. The molecule has 0 aromatic carbocycles. The van der Waals surface area contributed by atoms with Crippen molar-refractivity contribution in [1.82, 2.24) is 0 Å². The molecule has 0 heterocycles. The molecule has 0 aromatic heterocycles. The van der Waals surface area contributed by atoms with Crippen LogP contribution in [0.4, 0.5) is 0 Å². The predicted molar refractivity (Wildman–Crippen MR) is 72.2 cm³/mol. The average molecular weight is 365 g/mol. The average Bonchev–Trinajstić information content (AvgIpc) is 2.23. The minimum Gasteiger partial charge on any atom is -0.391 e. The lowest BCUT2D eigenvalue weighted by molar-refractivity contribution is 0.143. The predicted octanol–water partition coefficient (Wildman–Crippen LogP) is 2.83. The first-order chi connectivity index (χ1) is 6.85. The van der Waals surface area contributed by atoms with Crippen LogP contribution in [-0.4, -0.2) is 38.0 Å². The van der Waals surface area contributed by atoms with Crippen molar-refractivity contribution >= 4 is 43.5 Å². The van der Waals surface area contributed by atoms with Gasteiger partial charge in [-0.05, 0) is 25.8 Å².